The van der Waals surface area contributed by atoms with E-state index in [-0.39, 0.29) is 12.4 Å². The molecule has 20 heavy (non-hydrogen) atoms. The Morgan fingerprint density at radius 2 is 2.10 bits per heavy atom. The van der Waals surface area contributed by atoms with Gasteiger partial charge in [0.15, 0.2) is 0 Å². The molecule has 2 heterocycles. The molecule has 0 aromatic carbocycles. The number of rotatable bonds is 6. The highest BCUT2D eigenvalue weighted by atomic mass is 35.5. The van der Waals surface area contributed by atoms with Crippen molar-refractivity contribution in [2.24, 2.45) is 0 Å². The average molecular weight is 302 g/mol. The zero-order valence-electron chi connectivity index (χ0n) is 12.1. The van der Waals surface area contributed by atoms with Crippen LogP contribution < -0.4 is 5.32 Å². The summed E-state index contributed by atoms with van der Waals surface area (Å²) in [5.41, 5.74) is 4.10. The largest absolute Gasteiger partial charge is 0.378 e. The van der Waals surface area contributed by atoms with Crippen LogP contribution in [0.15, 0.2) is 12.4 Å². The molecule has 5 nitrogen and oxygen atoms in total. The Hall–Kier alpha value is -1.56. The Labute approximate surface area is 124 Å². The Bertz CT molecular complexity index is 549. The summed E-state index contributed by atoms with van der Waals surface area (Å²) in [5, 5.41) is 11.9. The second-order valence-corrected chi connectivity index (χ2v) is 4.50. The highest BCUT2D eigenvalue weighted by Crippen LogP contribution is 2.16. The molecule has 0 unspecified atom stereocenters. The molecule has 0 aliphatic heterocycles. The van der Waals surface area contributed by atoms with Crippen LogP contribution in [-0.2, 0) is 19.6 Å². The summed E-state index contributed by atoms with van der Waals surface area (Å²) in [6.07, 6.45) is 3.79. The van der Waals surface area contributed by atoms with Crippen molar-refractivity contribution in [3.05, 3.63) is 29.3 Å². The molecule has 0 radical (unpaired) electrons. The van der Waals surface area contributed by atoms with Crippen molar-refractivity contribution in [3.8, 4) is 0 Å². The molecule has 0 spiro atoms. The number of anilines is 1. The lowest BCUT2D eigenvalue weighted by Gasteiger charge is -2.05. The topological polar surface area (TPSA) is 47.7 Å². The van der Waals surface area contributed by atoms with E-state index < -0.39 is 6.67 Å². The predicted octanol–water partition coefficient (Wildman–Crippen LogP) is 2.72. The van der Waals surface area contributed by atoms with Crippen LogP contribution in [0.3, 0.4) is 0 Å². The van der Waals surface area contributed by atoms with Gasteiger partial charge in [-0.1, -0.05) is 0 Å². The minimum absolute atomic E-state index is 0. The molecule has 1 N–H and O–H groups in total. The maximum absolute atomic E-state index is 12.3. The third kappa shape index (κ3) is 3.50. The van der Waals surface area contributed by atoms with Crippen molar-refractivity contribution < 1.29 is 4.39 Å². The number of hydrogen-bond acceptors (Lipinski definition) is 3. The molecule has 0 saturated heterocycles. The van der Waals surface area contributed by atoms with Gasteiger partial charge in [-0.15, -0.1) is 12.4 Å². The molecule has 0 bridgehead atoms. The summed E-state index contributed by atoms with van der Waals surface area (Å²) >= 11 is 0. The first-order chi connectivity index (χ1) is 9.15. The normalized spacial score (nSPS) is 10.4. The molecule has 0 amide bonds. The van der Waals surface area contributed by atoms with Gasteiger partial charge < -0.3 is 5.32 Å². The van der Waals surface area contributed by atoms with Crippen LogP contribution in [0.1, 0.15) is 23.9 Å². The third-order valence-electron chi connectivity index (χ3n) is 3.24. The van der Waals surface area contributed by atoms with E-state index in [1.54, 1.807) is 10.9 Å². The smallest absolute Gasteiger partial charge is 0.109 e. The maximum atomic E-state index is 12.3. The quantitative estimate of drug-likeness (QED) is 0.892. The maximum Gasteiger partial charge on any atom is 0.109 e. The van der Waals surface area contributed by atoms with Crippen LogP contribution >= 0.6 is 12.4 Å². The molecule has 7 heteroatoms. The van der Waals surface area contributed by atoms with Crippen LogP contribution in [0.5, 0.6) is 0 Å². The highest BCUT2D eigenvalue weighted by Gasteiger charge is 2.08. The van der Waals surface area contributed by atoms with Crippen molar-refractivity contribution in [3.63, 3.8) is 0 Å². The molecule has 2 aromatic heterocycles. The average Bonchev–Trinajstić information content (AvgIpc) is 2.93. The summed E-state index contributed by atoms with van der Waals surface area (Å²) in [4.78, 5) is 0. The first kappa shape index (κ1) is 16.5. The Balaban J connectivity index is 0.00000200. The Kier molecular flexibility index (Phi) is 6.01. The van der Waals surface area contributed by atoms with E-state index in [0.717, 1.165) is 23.6 Å². The van der Waals surface area contributed by atoms with Crippen LogP contribution in [0, 0.1) is 13.8 Å². The molecule has 0 aliphatic rings. The van der Waals surface area contributed by atoms with Crippen LogP contribution in [0.25, 0.3) is 0 Å². The van der Waals surface area contributed by atoms with Gasteiger partial charge in [-0.3, -0.25) is 9.36 Å². The van der Waals surface area contributed by atoms with Crippen molar-refractivity contribution in [2.75, 3.05) is 12.0 Å². The van der Waals surface area contributed by atoms with Gasteiger partial charge in [-0.2, -0.15) is 10.2 Å². The second kappa shape index (κ2) is 7.28. The molecule has 2 aromatic rings. The molecule has 0 fully saturated rings. The number of aryl methyl sites for hydroxylation is 3. The van der Waals surface area contributed by atoms with Gasteiger partial charge in [0, 0.05) is 24.8 Å². The monoisotopic (exact) mass is 301 g/mol. The number of nitrogens with zero attached hydrogens (tertiary/aromatic N) is 4. The van der Waals surface area contributed by atoms with E-state index in [1.165, 1.54) is 5.56 Å². The molecular weight excluding hydrogens is 281 g/mol. The fourth-order valence-electron chi connectivity index (χ4n) is 2.01. The lowest BCUT2D eigenvalue weighted by atomic mass is 10.2. The minimum atomic E-state index is -0.398. The van der Waals surface area contributed by atoms with E-state index in [0.29, 0.717) is 13.1 Å². The van der Waals surface area contributed by atoms with Gasteiger partial charge in [0.1, 0.15) is 6.67 Å². The van der Waals surface area contributed by atoms with Crippen LogP contribution in [0.4, 0.5) is 10.1 Å². The fraction of sp³-hybridized carbons (Fsp3) is 0.538. The van der Waals surface area contributed by atoms with Crippen molar-refractivity contribution >= 4 is 18.1 Å². The van der Waals surface area contributed by atoms with Crippen molar-refractivity contribution in [1.82, 2.24) is 19.6 Å². The van der Waals surface area contributed by atoms with E-state index in [1.807, 2.05) is 24.7 Å². The summed E-state index contributed by atoms with van der Waals surface area (Å²) in [6, 6.07) is 0. The molecule has 0 atom stereocenters. The number of nitrogens with one attached hydrogen (secondary N) is 1. The van der Waals surface area contributed by atoms with Crippen LogP contribution in [0.2, 0.25) is 0 Å². The number of aromatic nitrogens is 4. The Morgan fingerprint density at radius 1 is 1.35 bits per heavy atom. The first-order valence-electron chi connectivity index (χ1n) is 6.50. The summed E-state index contributed by atoms with van der Waals surface area (Å²) < 4.78 is 15.9. The second-order valence-electron chi connectivity index (χ2n) is 4.50. The van der Waals surface area contributed by atoms with E-state index in [4.69, 9.17) is 0 Å². The number of alkyl halides is 1. The summed E-state index contributed by atoms with van der Waals surface area (Å²) in [7, 11) is 0. The summed E-state index contributed by atoms with van der Waals surface area (Å²) in [6.45, 7) is 7.48. The van der Waals surface area contributed by atoms with Gasteiger partial charge in [0.2, 0.25) is 0 Å². The zero-order chi connectivity index (χ0) is 13.8. The number of halogens is 2. The lowest BCUT2D eigenvalue weighted by molar-refractivity contribution is 0.423. The SMILES string of the molecule is CCn1cc(CNc2cnn(CCF)c2C)c(C)n1.Cl. The van der Waals surface area contributed by atoms with Gasteiger partial charge in [0.25, 0.3) is 0 Å². The van der Waals surface area contributed by atoms with Gasteiger partial charge >= 0.3 is 0 Å². The standard InChI is InChI=1S/C13H20FN5.ClH/c1-4-18-9-12(10(2)17-18)7-15-13-8-16-19(6-5-14)11(13)3;/h8-9,15H,4-7H2,1-3H3;1H. The fourth-order valence-corrected chi connectivity index (χ4v) is 2.01. The molecule has 2 rings (SSSR count). The van der Waals surface area contributed by atoms with E-state index in [9.17, 15) is 4.39 Å². The van der Waals surface area contributed by atoms with Gasteiger partial charge in [-0.25, -0.2) is 4.39 Å². The Morgan fingerprint density at radius 3 is 2.70 bits per heavy atom. The lowest BCUT2D eigenvalue weighted by Crippen LogP contribution is -2.05. The van der Waals surface area contributed by atoms with Crippen molar-refractivity contribution in [2.45, 2.75) is 40.4 Å². The predicted molar refractivity (Wildman–Crippen MR) is 80.2 cm³/mol. The van der Waals surface area contributed by atoms with Gasteiger partial charge in [-0.05, 0) is 20.8 Å². The van der Waals surface area contributed by atoms with Crippen LogP contribution in [-0.4, -0.2) is 26.2 Å². The highest BCUT2D eigenvalue weighted by molar-refractivity contribution is 5.85. The van der Waals surface area contributed by atoms with Crippen molar-refractivity contribution in [1.29, 1.82) is 0 Å². The first-order valence-corrected chi connectivity index (χ1v) is 6.50. The van der Waals surface area contributed by atoms with E-state index in [2.05, 4.69) is 22.4 Å². The molecular formula is C13H21ClFN5. The molecule has 0 aliphatic carbocycles. The third-order valence-corrected chi connectivity index (χ3v) is 3.24. The molecule has 112 valence electrons. The van der Waals surface area contributed by atoms with Gasteiger partial charge in [0.05, 0.1) is 29.8 Å². The molecule has 0 saturated carbocycles. The zero-order valence-corrected chi connectivity index (χ0v) is 12.9. The van der Waals surface area contributed by atoms with E-state index >= 15 is 0 Å². The minimum Gasteiger partial charge on any atom is -0.378 e. The number of hydrogen-bond donors (Lipinski definition) is 1. The summed E-state index contributed by atoms with van der Waals surface area (Å²) in [5.74, 6) is 0.